The van der Waals surface area contributed by atoms with Gasteiger partial charge < -0.3 is 4.90 Å². The Balaban J connectivity index is 1.53. The fourth-order valence-electron chi connectivity index (χ4n) is 2.80. The van der Waals surface area contributed by atoms with E-state index >= 15 is 0 Å². The molecule has 1 aromatic carbocycles. The number of imidazole rings is 1. The van der Waals surface area contributed by atoms with Crippen molar-refractivity contribution in [1.82, 2.24) is 24.6 Å². The van der Waals surface area contributed by atoms with E-state index in [1.54, 1.807) is 35.4 Å². The summed E-state index contributed by atoms with van der Waals surface area (Å²) in [5, 5.41) is 8.18. The van der Waals surface area contributed by atoms with Gasteiger partial charge in [-0.05, 0) is 29.7 Å². The maximum Gasteiger partial charge on any atom is 0.274 e. The number of amides is 1. The van der Waals surface area contributed by atoms with Crippen LogP contribution in [0, 0.1) is 0 Å². The van der Waals surface area contributed by atoms with Gasteiger partial charge in [-0.25, -0.2) is 4.98 Å². The topological polar surface area (TPSA) is 63.9 Å². The van der Waals surface area contributed by atoms with Gasteiger partial charge in [0.1, 0.15) is 6.33 Å². The molecule has 0 saturated heterocycles. The maximum absolute atomic E-state index is 12.6. The molecule has 0 spiro atoms. The minimum atomic E-state index is -0.0795. The van der Waals surface area contributed by atoms with Crippen LogP contribution in [0.25, 0.3) is 5.82 Å². The average molecular weight is 305 g/mol. The van der Waals surface area contributed by atoms with Crippen molar-refractivity contribution >= 4 is 5.91 Å². The van der Waals surface area contributed by atoms with Gasteiger partial charge in [-0.2, -0.15) is 0 Å². The SMILES string of the molecule is O=C(c1ccc(-n2ccnc2)nn1)N1CCc2ccccc2C1. The lowest BCUT2D eigenvalue weighted by Gasteiger charge is -2.28. The molecule has 0 atom stereocenters. The summed E-state index contributed by atoms with van der Waals surface area (Å²) in [4.78, 5) is 18.4. The molecule has 0 saturated carbocycles. The third-order valence-corrected chi connectivity index (χ3v) is 4.06. The van der Waals surface area contributed by atoms with Gasteiger partial charge in [0.15, 0.2) is 11.5 Å². The van der Waals surface area contributed by atoms with Crippen molar-refractivity contribution in [3.63, 3.8) is 0 Å². The van der Waals surface area contributed by atoms with E-state index in [0.29, 0.717) is 24.6 Å². The predicted octanol–water partition coefficient (Wildman–Crippen LogP) is 1.86. The van der Waals surface area contributed by atoms with Gasteiger partial charge in [-0.3, -0.25) is 9.36 Å². The Morgan fingerprint density at radius 1 is 1.04 bits per heavy atom. The molecule has 6 heteroatoms. The zero-order chi connectivity index (χ0) is 15.6. The first-order valence-electron chi connectivity index (χ1n) is 7.49. The highest BCUT2D eigenvalue weighted by molar-refractivity contribution is 5.92. The second-order valence-corrected chi connectivity index (χ2v) is 5.49. The number of carbonyl (C=O) groups is 1. The molecule has 0 fully saturated rings. The van der Waals surface area contributed by atoms with Gasteiger partial charge in [-0.1, -0.05) is 24.3 Å². The van der Waals surface area contributed by atoms with Gasteiger partial charge in [-0.15, -0.1) is 10.2 Å². The number of rotatable bonds is 2. The van der Waals surface area contributed by atoms with E-state index in [0.717, 1.165) is 6.42 Å². The van der Waals surface area contributed by atoms with Crippen LogP contribution in [0.2, 0.25) is 0 Å². The van der Waals surface area contributed by atoms with E-state index in [-0.39, 0.29) is 5.91 Å². The molecule has 0 unspecified atom stereocenters. The Hall–Kier alpha value is -3.02. The molecule has 0 N–H and O–H groups in total. The summed E-state index contributed by atoms with van der Waals surface area (Å²) < 4.78 is 1.75. The molecule has 3 heterocycles. The summed E-state index contributed by atoms with van der Waals surface area (Å²) in [7, 11) is 0. The Kier molecular flexibility index (Phi) is 3.34. The van der Waals surface area contributed by atoms with Crippen LogP contribution in [-0.2, 0) is 13.0 Å². The average Bonchev–Trinajstić information content (AvgIpc) is 3.15. The monoisotopic (exact) mass is 305 g/mol. The minimum absolute atomic E-state index is 0.0795. The number of aromatic nitrogens is 4. The van der Waals surface area contributed by atoms with Crippen molar-refractivity contribution in [3.05, 3.63) is 71.9 Å². The van der Waals surface area contributed by atoms with Crippen LogP contribution in [-0.4, -0.2) is 37.1 Å². The Morgan fingerprint density at radius 3 is 2.65 bits per heavy atom. The normalized spacial score (nSPS) is 13.7. The van der Waals surface area contributed by atoms with Gasteiger partial charge >= 0.3 is 0 Å². The molecule has 114 valence electrons. The largest absolute Gasteiger partial charge is 0.333 e. The molecule has 1 aliphatic heterocycles. The summed E-state index contributed by atoms with van der Waals surface area (Å²) in [6.45, 7) is 1.33. The lowest BCUT2D eigenvalue weighted by molar-refractivity contribution is 0.0727. The van der Waals surface area contributed by atoms with E-state index < -0.39 is 0 Å². The molecule has 1 aliphatic rings. The number of fused-ring (bicyclic) bond motifs is 1. The van der Waals surface area contributed by atoms with Crippen molar-refractivity contribution in [2.45, 2.75) is 13.0 Å². The van der Waals surface area contributed by atoms with Crippen molar-refractivity contribution in [2.24, 2.45) is 0 Å². The van der Waals surface area contributed by atoms with Crippen molar-refractivity contribution in [3.8, 4) is 5.82 Å². The maximum atomic E-state index is 12.6. The highest BCUT2D eigenvalue weighted by Crippen LogP contribution is 2.19. The van der Waals surface area contributed by atoms with Gasteiger partial charge in [0.25, 0.3) is 5.91 Å². The first kappa shape index (κ1) is 13.6. The molecule has 3 aromatic rings. The van der Waals surface area contributed by atoms with Crippen LogP contribution in [0.1, 0.15) is 21.6 Å². The fraction of sp³-hybridized carbons (Fsp3) is 0.176. The van der Waals surface area contributed by atoms with Gasteiger partial charge in [0, 0.05) is 25.5 Å². The zero-order valence-electron chi connectivity index (χ0n) is 12.5. The van der Waals surface area contributed by atoms with Crippen LogP contribution in [0.5, 0.6) is 0 Å². The molecule has 23 heavy (non-hydrogen) atoms. The van der Waals surface area contributed by atoms with Crippen LogP contribution in [0.15, 0.2) is 55.1 Å². The first-order valence-corrected chi connectivity index (χ1v) is 7.49. The molecule has 1 amide bonds. The molecule has 0 bridgehead atoms. The third kappa shape index (κ3) is 2.59. The van der Waals surface area contributed by atoms with E-state index in [4.69, 9.17) is 0 Å². The van der Waals surface area contributed by atoms with Crippen LogP contribution in [0.4, 0.5) is 0 Å². The number of nitrogens with zero attached hydrogens (tertiary/aromatic N) is 5. The lowest BCUT2D eigenvalue weighted by atomic mass is 10.00. The second-order valence-electron chi connectivity index (χ2n) is 5.49. The quantitative estimate of drug-likeness (QED) is 0.725. The van der Waals surface area contributed by atoms with Crippen molar-refractivity contribution in [1.29, 1.82) is 0 Å². The molecular formula is C17H15N5O. The van der Waals surface area contributed by atoms with E-state index in [1.807, 2.05) is 17.0 Å². The lowest BCUT2D eigenvalue weighted by Crippen LogP contribution is -2.36. The van der Waals surface area contributed by atoms with Crippen molar-refractivity contribution in [2.75, 3.05) is 6.54 Å². The summed E-state index contributed by atoms with van der Waals surface area (Å²) in [6.07, 6.45) is 5.98. The smallest absolute Gasteiger partial charge is 0.274 e. The molecule has 6 nitrogen and oxygen atoms in total. The van der Waals surface area contributed by atoms with E-state index in [9.17, 15) is 4.79 Å². The molecule has 0 aliphatic carbocycles. The predicted molar refractivity (Wildman–Crippen MR) is 84.0 cm³/mol. The number of hydrogen-bond acceptors (Lipinski definition) is 4. The van der Waals surface area contributed by atoms with Gasteiger partial charge in [0.2, 0.25) is 0 Å². The Morgan fingerprint density at radius 2 is 1.91 bits per heavy atom. The second kappa shape index (κ2) is 5.64. The molecule has 2 aromatic heterocycles. The highest BCUT2D eigenvalue weighted by Gasteiger charge is 2.22. The van der Waals surface area contributed by atoms with Gasteiger partial charge in [0.05, 0.1) is 0 Å². The number of carbonyl (C=O) groups excluding carboxylic acids is 1. The zero-order valence-corrected chi connectivity index (χ0v) is 12.5. The van der Waals surface area contributed by atoms with Crippen LogP contribution < -0.4 is 0 Å². The fourth-order valence-corrected chi connectivity index (χ4v) is 2.80. The first-order chi connectivity index (χ1) is 11.3. The standard InChI is InChI=1S/C17H15N5O/c23-17(21-9-7-13-3-1-2-4-14(13)11-21)15-5-6-16(20-19-15)22-10-8-18-12-22/h1-6,8,10,12H,7,9,11H2. The summed E-state index contributed by atoms with van der Waals surface area (Å²) in [6, 6.07) is 11.7. The Bertz CT molecular complexity index is 826. The Labute approximate surface area is 133 Å². The number of hydrogen-bond donors (Lipinski definition) is 0. The molecule has 4 rings (SSSR count). The third-order valence-electron chi connectivity index (χ3n) is 4.06. The molecule has 0 radical (unpaired) electrons. The minimum Gasteiger partial charge on any atom is -0.333 e. The highest BCUT2D eigenvalue weighted by atomic mass is 16.2. The molecular weight excluding hydrogens is 290 g/mol. The summed E-state index contributed by atoms with van der Waals surface area (Å²) in [5.41, 5.74) is 2.89. The van der Waals surface area contributed by atoms with Crippen LogP contribution >= 0.6 is 0 Å². The summed E-state index contributed by atoms with van der Waals surface area (Å²) >= 11 is 0. The van der Waals surface area contributed by atoms with Crippen LogP contribution in [0.3, 0.4) is 0 Å². The summed E-state index contributed by atoms with van der Waals surface area (Å²) in [5.74, 6) is 0.562. The van der Waals surface area contributed by atoms with E-state index in [2.05, 4.69) is 27.3 Å². The number of benzene rings is 1. The van der Waals surface area contributed by atoms with E-state index in [1.165, 1.54) is 11.1 Å². The van der Waals surface area contributed by atoms with Crippen molar-refractivity contribution < 1.29 is 4.79 Å².